The third kappa shape index (κ3) is 5.32. The Hall–Kier alpha value is -2.56. The van der Waals surface area contributed by atoms with Gasteiger partial charge in [0.05, 0.1) is 29.8 Å². The van der Waals surface area contributed by atoms with E-state index in [2.05, 4.69) is 26.9 Å². The molecule has 1 saturated heterocycles. The normalized spacial score (nSPS) is 14.3. The first-order chi connectivity index (χ1) is 14.5. The highest BCUT2D eigenvalue weighted by molar-refractivity contribution is 9.10. The number of methoxy groups -OCH3 is 1. The molecule has 1 aliphatic heterocycles. The molecule has 0 radical (unpaired) electrons. The quantitative estimate of drug-likeness (QED) is 0.608. The van der Waals surface area contributed by atoms with Crippen molar-refractivity contribution >= 4 is 21.8 Å². The molecule has 1 amide bonds. The Bertz CT molecular complexity index is 917. The molecule has 2 aromatic carbocycles. The number of halogens is 1. The summed E-state index contributed by atoms with van der Waals surface area (Å²) in [5.74, 6) is 1.18. The van der Waals surface area contributed by atoms with Crippen molar-refractivity contribution in [1.82, 2.24) is 9.80 Å². The lowest BCUT2D eigenvalue weighted by molar-refractivity contribution is 0.0628. The Morgan fingerprint density at radius 1 is 1.17 bits per heavy atom. The van der Waals surface area contributed by atoms with Gasteiger partial charge in [-0.05, 0) is 52.2 Å². The smallest absolute Gasteiger partial charge is 0.254 e. The van der Waals surface area contributed by atoms with Crippen LogP contribution in [0.4, 0.5) is 0 Å². The van der Waals surface area contributed by atoms with Crippen LogP contribution in [-0.4, -0.2) is 55.6 Å². The maximum atomic E-state index is 13.0. The van der Waals surface area contributed by atoms with Crippen molar-refractivity contribution < 1.29 is 14.3 Å². The second-order valence-corrected chi connectivity index (χ2v) is 8.07. The highest BCUT2D eigenvalue weighted by Crippen LogP contribution is 2.37. The number of nitrogens with zero attached hydrogens (tertiary/aromatic N) is 3. The lowest BCUT2D eigenvalue weighted by Crippen LogP contribution is -2.48. The van der Waals surface area contributed by atoms with Crippen LogP contribution in [0.1, 0.15) is 34.8 Å². The van der Waals surface area contributed by atoms with E-state index in [4.69, 9.17) is 14.7 Å². The van der Waals surface area contributed by atoms with Gasteiger partial charge in [-0.3, -0.25) is 9.69 Å². The monoisotopic (exact) mass is 471 g/mol. The Labute approximate surface area is 186 Å². The van der Waals surface area contributed by atoms with E-state index in [0.717, 1.165) is 30.5 Å². The average molecular weight is 472 g/mol. The molecule has 7 heteroatoms. The van der Waals surface area contributed by atoms with Crippen LogP contribution in [0.25, 0.3) is 0 Å². The summed E-state index contributed by atoms with van der Waals surface area (Å²) in [6, 6.07) is 13.4. The molecular formula is C23H26BrN3O3. The Morgan fingerprint density at radius 3 is 2.47 bits per heavy atom. The maximum absolute atomic E-state index is 13.0. The molecule has 1 fully saturated rings. The lowest BCUT2D eigenvalue weighted by atomic mass is 10.1. The third-order valence-electron chi connectivity index (χ3n) is 5.08. The summed E-state index contributed by atoms with van der Waals surface area (Å²) in [4.78, 5) is 17.2. The Morgan fingerprint density at radius 2 is 1.87 bits per heavy atom. The van der Waals surface area contributed by atoms with E-state index >= 15 is 0 Å². The Kier molecular flexibility index (Phi) is 7.72. The second kappa shape index (κ2) is 10.5. The van der Waals surface area contributed by atoms with Gasteiger partial charge in [0.15, 0.2) is 11.5 Å². The van der Waals surface area contributed by atoms with Crippen molar-refractivity contribution in [2.75, 3.05) is 39.9 Å². The van der Waals surface area contributed by atoms with Crippen LogP contribution in [0.2, 0.25) is 0 Å². The molecule has 30 heavy (non-hydrogen) atoms. The van der Waals surface area contributed by atoms with E-state index in [-0.39, 0.29) is 5.91 Å². The summed E-state index contributed by atoms with van der Waals surface area (Å²) in [5, 5.41) is 8.91. The zero-order valence-electron chi connectivity index (χ0n) is 17.4. The van der Waals surface area contributed by atoms with E-state index in [1.54, 1.807) is 19.2 Å². The molecule has 0 unspecified atom stereocenters. The van der Waals surface area contributed by atoms with Crippen LogP contribution in [0.15, 0.2) is 40.9 Å². The minimum Gasteiger partial charge on any atom is -0.493 e. The number of rotatable bonds is 7. The largest absolute Gasteiger partial charge is 0.493 e. The minimum atomic E-state index is -0.00550. The summed E-state index contributed by atoms with van der Waals surface area (Å²) < 4.78 is 11.9. The molecule has 0 aliphatic carbocycles. The van der Waals surface area contributed by atoms with E-state index in [1.165, 1.54) is 5.56 Å². The van der Waals surface area contributed by atoms with E-state index in [0.29, 0.717) is 42.3 Å². The Balaban J connectivity index is 1.62. The lowest BCUT2D eigenvalue weighted by Gasteiger charge is -2.35. The summed E-state index contributed by atoms with van der Waals surface area (Å²) >= 11 is 3.51. The molecule has 0 saturated carbocycles. The standard InChI is InChI=1S/C23H26BrN3O3/c1-3-12-30-22-20(24)13-19(14-21(22)29-2)23(28)27-10-8-26(9-11-27)16-18-6-4-17(15-25)5-7-18/h4-7,13-14H,3,8-12,16H2,1-2H3. The summed E-state index contributed by atoms with van der Waals surface area (Å²) in [6.45, 7) is 6.40. The molecule has 2 aromatic rings. The number of carbonyl (C=O) groups excluding carboxylic acids is 1. The fraction of sp³-hybridized carbons (Fsp3) is 0.391. The number of ether oxygens (including phenoxy) is 2. The summed E-state index contributed by atoms with van der Waals surface area (Å²) in [7, 11) is 1.58. The highest BCUT2D eigenvalue weighted by atomic mass is 79.9. The van der Waals surface area contributed by atoms with Crippen LogP contribution in [-0.2, 0) is 6.54 Å². The van der Waals surface area contributed by atoms with Gasteiger partial charge < -0.3 is 14.4 Å². The highest BCUT2D eigenvalue weighted by Gasteiger charge is 2.24. The second-order valence-electron chi connectivity index (χ2n) is 7.21. The number of nitriles is 1. The molecule has 0 atom stereocenters. The zero-order valence-corrected chi connectivity index (χ0v) is 18.9. The van der Waals surface area contributed by atoms with Gasteiger partial charge in [0, 0.05) is 38.3 Å². The number of benzene rings is 2. The molecule has 1 heterocycles. The summed E-state index contributed by atoms with van der Waals surface area (Å²) in [5.41, 5.74) is 2.43. The van der Waals surface area contributed by atoms with Gasteiger partial charge in [0.1, 0.15) is 0 Å². The third-order valence-corrected chi connectivity index (χ3v) is 5.66. The van der Waals surface area contributed by atoms with Gasteiger partial charge in [-0.2, -0.15) is 5.26 Å². The first kappa shape index (κ1) is 22.1. The van der Waals surface area contributed by atoms with Gasteiger partial charge >= 0.3 is 0 Å². The van der Waals surface area contributed by atoms with Crippen molar-refractivity contribution in [2.24, 2.45) is 0 Å². The van der Waals surface area contributed by atoms with Gasteiger partial charge in [0.25, 0.3) is 5.91 Å². The van der Waals surface area contributed by atoms with Gasteiger partial charge in [-0.15, -0.1) is 0 Å². The number of hydrogen-bond acceptors (Lipinski definition) is 5. The molecule has 0 aromatic heterocycles. The SMILES string of the molecule is CCCOc1c(Br)cc(C(=O)N2CCN(Cc3ccc(C#N)cc3)CC2)cc1OC. The average Bonchev–Trinajstić information content (AvgIpc) is 2.78. The summed E-state index contributed by atoms with van der Waals surface area (Å²) in [6.07, 6.45) is 0.892. The van der Waals surface area contributed by atoms with Gasteiger partial charge in [-0.25, -0.2) is 0 Å². The minimum absolute atomic E-state index is 0.00550. The molecule has 0 N–H and O–H groups in total. The molecule has 3 rings (SSSR count). The van der Waals surface area contributed by atoms with E-state index in [9.17, 15) is 4.79 Å². The van der Waals surface area contributed by atoms with Gasteiger partial charge in [-0.1, -0.05) is 19.1 Å². The van der Waals surface area contributed by atoms with E-state index in [1.807, 2.05) is 36.1 Å². The zero-order chi connectivity index (χ0) is 21.5. The topological polar surface area (TPSA) is 65.8 Å². The predicted octanol–water partition coefficient (Wildman–Crippen LogP) is 4.08. The van der Waals surface area contributed by atoms with Crippen LogP contribution < -0.4 is 9.47 Å². The van der Waals surface area contributed by atoms with Crippen molar-refractivity contribution in [3.8, 4) is 17.6 Å². The fourth-order valence-corrected chi connectivity index (χ4v) is 3.98. The first-order valence-corrected chi connectivity index (χ1v) is 10.9. The van der Waals surface area contributed by atoms with Crippen LogP contribution in [0, 0.1) is 11.3 Å². The molecule has 158 valence electrons. The van der Waals surface area contributed by atoms with Gasteiger partial charge in [0.2, 0.25) is 0 Å². The molecule has 6 nitrogen and oxygen atoms in total. The van der Waals surface area contributed by atoms with Crippen LogP contribution >= 0.6 is 15.9 Å². The number of amides is 1. The molecule has 0 spiro atoms. The number of piperazine rings is 1. The van der Waals surface area contributed by atoms with Crippen LogP contribution in [0.5, 0.6) is 11.5 Å². The first-order valence-electron chi connectivity index (χ1n) is 10.1. The number of hydrogen-bond donors (Lipinski definition) is 0. The van der Waals surface area contributed by atoms with E-state index < -0.39 is 0 Å². The van der Waals surface area contributed by atoms with Crippen LogP contribution in [0.3, 0.4) is 0 Å². The maximum Gasteiger partial charge on any atom is 0.254 e. The van der Waals surface area contributed by atoms with Crippen molar-refractivity contribution in [1.29, 1.82) is 5.26 Å². The number of carbonyl (C=O) groups is 1. The molecular weight excluding hydrogens is 446 g/mol. The molecule has 0 bridgehead atoms. The predicted molar refractivity (Wildman–Crippen MR) is 119 cm³/mol. The molecule has 1 aliphatic rings. The fourth-order valence-electron chi connectivity index (χ4n) is 3.42. The van der Waals surface area contributed by atoms with Crippen molar-refractivity contribution in [3.05, 3.63) is 57.6 Å². The van der Waals surface area contributed by atoms with Crippen molar-refractivity contribution in [3.63, 3.8) is 0 Å². The van der Waals surface area contributed by atoms with Crippen molar-refractivity contribution in [2.45, 2.75) is 19.9 Å².